The molecule has 0 aromatic carbocycles. The lowest BCUT2D eigenvalue weighted by Crippen LogP contribution is -2.37. The Labute approximate surface area is 96.3 Å². The van der Waals surface area contributed by atoms with Gasteiger partial charge in [0.1, 0.15) is 5.01 Å². The molecule has 0 spiro atoms. The van der Waals surface area contributed by atoms with Gasteiger partial charge in [-0.2, -0.15) is 0 Å². The van der Waals surface area contributed by atoms with Crippen LogP contribution in [0.1, 0.15) is 38.1 Å². The molecule has 0 unspecified atom stereocenters. The van der Waals surface area contributed by atoms with Gasteiger partial charge in [0.15, 0.2) is 0 Å². The molecule has 0 atom stereocenters. The largest absolute Gasteiger partial charge is 0.297 e. The molecule has 15 heavy (non-hydrogen) atoms. The van der Waals surface area contributed by atoms with E-state index in [0.717, 1.165) is 6.54 Å². The first kappa shape index (κ1) is 11.1. The highest BCUT2D eigenvalue weighted by Gasteiger charge is 2.28. The van der Waals surface area contributed by atoms with Crippen molar-refractivity contribution in [1.29, 1.82) is 0 Å². The highest BCUT2D eigenvalue weighted by atomic mass is 32.1. The van der Waals surface area contributed by atoms with E-state index in [0.29, 0.717) is 5.41 Å². The van der Waals surface area contributed by atoms with Crippen LogP contribution in [-0.2, 0) is 6.54 Å². The minimum atomic E-state index is 0.597. The van der Waals surface area contributed by atoms with Gasteiger partial charge in [0.25, 0.3) is 0 Å². The van der Waals surface area contributed by atoms with Crippen LogP contribution in [0.5, 0.6) is 0 Å². The van der Waals surface area contributed by atoms with E-state index < -0.39 is 0 Å². The normalized spacial score (nSPS) is 21.7. The van der Waals surface area contributed by atoms with E-state index in [1.807, 2.05) is 6.20 Å². The number of thiazole rings is 1. The van der Waals surface area contributed by atoms with Gasteiger partial charge in [-0.3, -0.25) is 4.90 Å². The van der Waals surface area contributed by atoms with Crippen LogP contribution < -0.4 is 0 Å². The predicted molar refractivity (Wildman–Crippen MR) is 65.0 cm³/mol. The van der Waals surface area contributed by atoms with E-state index in [4.69, 9.17) is 0 Å². The molecule has 1 aromatic rings. The summed E-state index contributed by atoms with van der Waals surface area (Å²) in [5.41, 5.74) is 0.597. The van der Waals surface area contributed by atoms with Crippen molar-refractivity contribution in [3.05, 3.63) is 16.6 Å². The summed E-state index contributed by atoms with van der Waals surface area (Å²) in [6, 6.07) is 0. The van der Waals surface area contributed by atoms with Gasteiger partial charge in [-0.15, -0.1) is 11.3 Å². The van der Waals surface area contributed by atoms with Crippen LogP contribution in [-0.4, -0.2) is 23.0 Å². The average molecular weight is 224 g/mol. The third kappa shape index (κ3) is 2.79. The molecular weight excluding hydrogens is 204 g/mol. The summed E-state index contributed by atoms with van der Waals surface area (Å²) in [4.78, 5) is 6.88. The Kier molecular flexibility index (Phi) is 3.42. The van der Waals surface area contributed by atoms with Crippen LogP contribution in [0, 0.1) is 5.41 Å². The molecule has 1 aliphatic heterocycles. The second-order valence-electron chi connectivity index (χ2n) is 4.87. The first-order valence-electron chi connectivity index (χ1n) is 5.82. The van der Waals surface area contributed by atoms with Crippen molar-refractivity contribution in [3.63, 3.8) is 0 Å². The molecule has 0 bridgehead atoms. The molecule has 0 saturated carbocycles. The number of hydrogen-bond acceptors (Lipinski definition) is 3. The molecule has 0 aliphatic carbocycles. The Bertz CT molecular complexity index is 287. The second-order valence-corrected chi connectivity index (χ2v) is 5.85. The number of nitrogens with zero attached hydrogens (tertiary/aromatic N) is 2. The average Bonchev–Trinajstić information content (AvgIpc) is 2.75. The number of rotatable bonds is 3. The van der Waals surface area contributed by atoms with Crippen molar-refractivity contribution >= 4 is 11.3 Å². The summed E-state index contributed by atoms with van der Waals surface area (Å²) < 4.78 is 0. The summed E-state index contributed by atoms with van der Waals surface area (Å²) in [5.74, 6) is 0. The Morgan fingerprint density at radius 3 is 2.73 bits per heavy atom. The molecule has 2 heterocycles. The van der Waals surface area contributed by atoms with Gasteiger partial charge in [-0.1, -0.05) is 20.3 Å². The van der Waals surface area contributed by atoms with Gasteiger partial charge < -0.3 is 0 Å². The molecule has 1 aliphatic rings. The third-order valence-electron chi connectivity index (χ3n) is 3.76. The fourth-order valence-corrected chi connectivity index (χ4v) is 2.78. The van der Waals surface area contributed by atoms with Crippen molar-refractivity contribution < 1.29 is 0 Å². The van der Waals surface area contributed by atoms with Crippen molar-refractivity contribution in [2.45, 2.75) is 39.7 Å². The van der Waals surface area contributed by atoms with Crippen molar-refractivity contribution in [2.75, 3.05) is 13.1 Å². The zero-order chi connectivity index (χ0) is 10.7. The molecule has 0 radical (unpaired) electrons. The molecule has 1 saturated heterocycles. The van der Waals surface area contributed by atoms with Crippen molar-refractivity contribution in [2.24, 2.45) is 5.41 Å². The zero-order valence-corrected chi connectivity index (χ0v) is 10.5. The van der Waals surface area contributed by atoms with Crippen LogP contribution >= 0.6 is 11.3 Å². The van der Waals surface area contributed by atoms with Crippen LogP contribution in [0.25, 0.3) is 0 Å². The highest BCUT2D eigenvalue weighted by Crippen LogP contribution is 2.34. The summed E-state index contributed by atoms with van der Waals surface area (Å²) in [5, 5.41) is 3.32. The Hall–Kier alpha value is -0.410. The lowest BCUT2D eigenvalue weighted by atomic mass is 9.78. The standard InChI is InChI=1S/C12H20N2S/c1-3-12(2)4-7-14(8-5-12)10-11-13-6-9-15-11/h6,9H,3-5,7-8,10H2,1-2H3. The molecule has 3 heteroatoms. The monoisotopic (exact) mass is 224 g/mol. The van der Waals surface area contributed by atoms with Gasteiger partial charge >= 0.3 is 0 Å². The lowest BCUT2D eigenvalue weighted by Gasteiger charge is -2.38. The van der Waals surface area contributed by atoms with E-state index in [9.17, 15) is 0 Å². The van der Waals surface area contributed by atoms with Gasteiger partial charge in [0.2, 0.25) is 0 Å². The van der Waals surface area contributed by atoms with Gasteiger partial charge in [0.05, 0.1) is 6.54 Å². The maximum absolute atomic E-state index is 4.34. The molecule has 0 N–H and O–H groups in total. The molecule has 1 fully saturated rings. The molecular formula is C12H20N2S. The quantitative estimate of drug-likeness (QED) is 0.784. The number of aromatic nitrogens is 1. The summed E-state index contributed by atoms with van der Waals surface area (Å²) in [7, 11) is 0. The van der Waals surface area contributed by atoms with E-state index >= 15 is 0 Å². The van der Waals surface area contributed by atoms with Crippen molar-refractivity contribution in [1.82, 2.24) is 9.88 Å². The van der Waals surface area contributed by atoms with Crippen LogP contribution in [0.4, 0.5) is 0 Å². The topological polar surface area (TPSA) is 16.1 Å². The molecule has 1 aromatic heterocycles. The summed E-state index contributed by atoms with van der Waals surface area (Å²) in [6.07, 6.45) is 5.90. The minimum absolute atomic E-state index is 0.597. The third-order valence-corrected chi connectivity index (χ3v) is 4.52. The number of hydrogen-bond donors (Lipinski definition) is 0. The summed E-state index contributed by atoms with van der Waals surface area (Å²) in [6.45, 7) is 8.27. The Balaban J connectivity index is 1.84. The number of likely N-dealkylation sites (tertiary alicyclic amines) is 1. The van der Waals surface area contributed by atoms with E-state index in [1.165, 1.54) is 37.4 Å². The molecule has 84 valence electrons. The first-order valence-corrected chi connectivity index (χ1v) is 6.70. The van der Waals surface area contributed by atoms with Gasteiger partial charge in [-0.25, -0.2) is 4.98 Å². The first-order chi connectivity index (χ1) is 7.22. The maximum atomic E-state index is 4.34. The fraction of sp³-hybridized carbons (Fsp3) is 0.750. The van der Waals surface area contributed by atoms with Crippen LogP contribution in [0.2, 0.25) is 0 Å². The maximum Gasteiger partial charge on any atom is 0.107 e. The Morgan fingerprint density at radius 2 is 2.20 bits per heavy atom. The van der Waals surface area contributed by atoms with Crippen LogP contribution in [0.15, 0.2) is 11.6 Å². The predicted octanol–water partition coefficient (Wildman–Crippen LogP) is 3.16. The van der Waals surface area contributed by atoms with E-state index in [1.54, 1.807) is 11.3 Å². The van der Waals surface area contributed by atoms with E-state index in [2.05, 4.69) is 29.1 Å². The lowest BCUT2D eigenvalue weighted by molar-refractivity contribution is 0.109. The Morgan fingerprint density at radius 1 is 1.47 bits per heavy atom. The molecule has 0 amide bonds. The molecule has 2 nitrogen and oxygen atoms in total. The van der Waals surface area contributed by atoms with Crippen LogP contribution in [0.3, 0.4) is 0 Å². The van der Waals surface area contributed by atoms with Gasteiger partial charge in [-0.05, 0) is 31.3 Å². The van der Waals surface area contributed by atoms with Gasteiger partial charge in [0, 0.05) is 11.6 Å². The van der Waals surface area contributed by atoms with Crippen molar-refractivity contribution in [3.8, 4) is 0 Å². The smallest absolute Gasteiger partial charge is 0.107 e. The SMILES string of the molecule is CCC1(C)CCN(Cc2nccs2)CC1. The van der Waals surface area contributed by atoms with E-state index in [-0.39, 0.29) is 0 Å². The fourth-order valence-electron chi connectivity index (χ4n) is 2.13. The highest BCUT2D eigenvalue weighted by molar-refractivity contribution is 7.09. The molecule has 2 rings (SSSR count). The second kappa shape index (κ2) is 4.62. The minimum Gasteiger partial charge on any atom is -0.297 e. The summed E-state index contributed by atoms with van der Waals surface area (Å²) >= 11 is 1.77. The zero-order valence-electron chi connectivity index (χ0n) is 9.70. The number of piperidine rings is 1.